The van der Waals surface area contributed by atoms with E-state index in [0.29, 0.717) is 23.7 Å². The highest BCUT2D eigenvalue weighted by Gasteiger charge is 2.42. The van der Waals surface area contributed by atoms with Gasteiger partial charge in [0.25, 0.3) is 0 Å². The Morgan fingerprint density at radius 2 is 2.00 bits per heavy atom. The van der Waals surface area contributed by atoms with E-state index >= 15 is 0 Å². The molecule has 2 atom stereocenters. The minimum atomic E-state index is -0.519. The summed E-state index contributed by atoms with van der Waals surface area (Å²) in [5.74, 6) is 1.77. The van der Waals surface area contributed by atoms with Gasteiger partial charge < -0.3 is 16.2 Å². The van der Waals surface area contributed by atoms with Crippen LogP contribution in [0, 0.1) is 17.7 Å². The summed E-state index contributed by atoms with van der Waals surface area (Å²) in [4.78, 5) is 21.7. The summed E-state index contributed by atoms with van der Waals surface area (Å²) in [5.41, 5.74) is 12.3. The third kappa shape index (κ3) is 4.24. The maximum absolute atomic E-state index is 13.6. The summed E-state index contributed by atoms with van der Waals surface area (Å²) in [5, 5.41) is 0. The van der Waals surface area contributed by atoms with Gasteiger partial charge in [-0.3, -0.25) is 4.79 Å². The van der Waals surface area contributed by atoms with Crippen molar-refractivity contribution in [3.8, 4) is 5.75 Å². The van der Waals surface area contributed by atoms with E-state index in [1.165, 1.54) is 44.7 Å². The maximum Gasteiger partial charge on any atom is 0.202 e. The lowest BCUT2D eigenvalue weighted by Gasteiger charge is -2.26. The van der Waals surface area contributed by atoms with Crippen LogP contribution in [0.3, 0.4) is 0 Å². The number of ether oxygens (including phenoxy) is 1. The molecule has 1 aromatic carbocycles. The van der Waals surface area contributed by atoms with Gasteiger partial charge in [-0.1, -0.05) is 0 Å². The Hall–Kier alpha value is -2.54. The maximum atomic E-state index is 13.6. The number of benzene rings is 1. The normalized spacial score (nSPS) is 26.2. The standard InChI is InChI=1S/C22H27FN4O2/c1-29-19-7-4-14(23)10-17(19)20(28)18-11-26-22(27-21(18)25)16-9-13(16)8-12-2-5-15(24)6-3-12/h4,7,10-13,15-16H,2-3,5-6,8-9,24H2,1H3,(H2,25,26,27)/t12?,13-,15?,16?/m0/s1. The smallest absolute Gasteiger partial charge is 0.202 e. The van der Waals surface area contributed by atoms with Crippen LogP contribution in [0.25, 0.3) is 0 Å². The van der Waals surface area contributed by atoms with Gasteiger partial charge in [0.05, 0.1) is 18.2 Å². The van der Waals surface area contributed by atoms with Crippen LogP contribution in [0.4, 0.5) is 10.2 Å². The number of ketones is 1. The van der Waals surface area contributed by atoms with Crippen LogP contribution >= 0.6 is 0 Å². The van der Waals surface area contributed by atoms with Crippen LogP contribution in [-0.4, -0.2) is 28.9 Å². The van der Waals surface area contributed by atoms with Gasteiger partial charge in [0.15, 0.2) is 0 Å². The summed E-state index contributed by atoms with van der Waals surface area (Å²) in [7, 11) is 1.43. The second-order valence-corrected chi connectivity index (χ2v) is 8.32. The van der Waals surface area contributed by atoms with Crippen molar-refractivity contribution in [3.63, 3.8) is 0 Å². The predicted molar refractivity (Wildman–Crippen MR) is 108 cm³/mol. The number of hydrogen-bond acceptors (Lipinski definition) is 6. The number of nitrogens with two attached hydrogens (primary N) is 2. The quantitative estimate of drug-likeness (QED) is 0.722. The molecule has 2 fully saturated rings. The Balaban J connectivity index is 1.45. The molecule has 1 heterocycles. The zero-order valence-corrected chi connectivity index (χ0v) is 16.6. The summed E-state index contributed by atoms with van der Waals surface area (Å²) in [6, 6.07) is 4.17. The largest absolute Gasteiger partial charge is 0.496 e. The van der Waals surface area contributed by atoms with Crippen molar-refractivity contribution in [2.24, 2.45) is 17.6 Å². The molecule has 0 spiro atoms. The third-order valence-corrected chi connectivity index (χ3v) is 6.27. The van der Waals surface area contributed by atoms with Crippen LogP contribution < -0.4 is 16.2 Å². The molecule has 2 aliphatic carbocycles. The Kier molecular flexibility index (Phi) is 5.50. The van der Waals surface area contributed by atoms with E-state index in [2.05, 4.69) is 9.97 Å². The molecule has 2 saturated carbocycles. The third-order valence-electron chi connectivity index (χ3n) is 6.27. The lowest BCUT2D eigenvalue weighted by atomic mass is 9.83. The molecular weight excluding hydrogens is 371 g/mol. The van der Waals surface area contributed by atoms with Crippen LogP contribution in [-0.2, 0) is 0 Å². The second kappa shape index (κ2) is 8.06. The molecule has 6 nitrogen and oxygen atoms in total. The van der Waals surface area contributed by atoms with Gasteiger partial charge in [0.2, 0.25) is 5.78 Å². The van der Waals surface area contributed by atoms with Crippen molar-refractivity contribution in [1.29, 1.82) is 0 Å². The topological polar surface area (TPSA) is 104 Å². The van der Waals surface area contributed by atoms with E-state index in [1.807, 2.05) is 0 Å². The van der Waals surface area contributed by atoms with E-state index in [1.54, 1.807) is 0 Å². The van der Waals surface area contributed by atoms with Crippen LogP contribution in [0.1, 0.15) is 66.2 Å². The molecule has 2 aromatic rings. The van der Waals surface area contributed by atoms with Crippen molar-refractivity contribution in [2.75, 3.05) is 12.8 Å². The lowest BCUT2D eigenvalue weighted by Crippen LogP contribution is -2.26. The van der Waals surface area contributed by atoms with Gasteiger partial charge in [-0.25, -0.2) is 14.4 Å². The van der Waals surface area contributed by atoms with E-state index < -0.39 is 11.6 Å². The molecule has 29 heavy (non-hydrogen) atoms. The van der Waals surface area contributed by atoms with Crippen molar-refractivity contribution in [1.82, 2.24) is 9.97 Å². The molecule has 1 unspecified atom stereocenters. The molecule has 0 aliphatic heterocycles. The Morgan fingerprint density at radius 1 is 1.24 bits per heavy atom. The number of nitrogen functional groups attached to an aromatic ring is 1. The van der Waals surface area contributed by atoms with Gasteiger partial charge in [-0.05, 0) is 68.6 Å². The molecular formula is C22H27FN4O2. The van der Waals surface area contributed by atoms with E-state index in [0.717, 1.165) is 31.2 Å². The number of carbonyl (C=O) groups excluding carboxylic acids is 1. The first-order valence-electron chi connectivity index (χ1n) is 10.2. The SMILES string of the molecule is COc1ccc(F)cc1C(=O)c1cnc(C2C[C@@H]2CC2CCC(N)CC2)nc1N. The average molecular weight is 398 g/mol. The van der Waals surface area contributed by atoms with Gasteiger partial charge in [-0.2, -0.15) is 0 Å². The molecule has 7 heteroatoms. The molecule has 0 bridgehead atoms. The number of rotatable bonds is 6. The lowest BCUT2D eigenvalue weighted by molar-refractivity contribution is 0.103. The zero-order valence-electron chi connectivity index (χ0n) is 16.6. The number of anilines is 1. The average Bonchev–Trinajstić information content (AvgIpc) is 3.48. The Bertz CT molecular complexity index is 912. The summed E-state index contributed by atoms with van der Waals surface area (Å²) in [6.07, 6.45) is 8.35. The Labute approximate surface area is 169 Å². The first-order chi connectivity index (χ1) is 14.0. The monoisotopic (exact) mass is 398 g/mol. The van der Waals surface area contributed by atoms with Crippen molar-refractivity contribution >= 4 is 11.6 Å². The number of halogens is 1. The fraction of sp³-hybridized carbons (Fsp3) is 0.500. The zero-order chi connectivity index (χ0) is 20.5. The first kappa shape index (κ1) is 19.8. The fourth-order valence-electron chi connectivity index (χ4n) is 4.44. The predicted octanol–water partition coefficient (Wildman–Crippen LogP) is 3.45. The van der Waals surface area contributed by atoms with Crippen LogP contribution in [0.5, 0.6) is 5.75 Å². The van der Waals surface area contributed by atoms with Crippen LogP contribution in [0.2, 0.25) is 0 Å². The van der Waals surface area contributed by atoms with E-state index in [4.69, 9.17) is 16.2 Å². The molecule has 4 rings (SSSR count). The van der Waals surface area contributed by atoms with Crippen LogP contribution in [0.15, 0.2) is 24.4 Å². The molecule has 2 aliphatic rings. The first-order valence-corrected chi connectivity index (χ1v) is 10.2. The molecule has 0 amide bonds. The summed E-state index contributed by atoms with van der Waals surface area (Å²) >= 11 is 0. The molecule has 0 radical (unpaired) electrons. The molecule has 1 aromatic heterocycles. The summed E-state index contributed by atoms with van der Waals surface area (Å²) in [6.45, 7) is 0. The molecule has 0 saturated heterocycles. The highest BCUT2D eigenvalue weighted by Crippen LogP contribution is 2.51. The number of methoxy groups -OCH3 is 1. The van der Waals surface area contributed by atoms with Crippen molar-refractivity contribution in [2.45, 2.75) is 50.5 Å². The fourth-order valence-corrected chi connectivity index (χ4v) is 4.44. The molecule has 4 N–H and O–H groups in total. The highest BCUT2D eigenvalue weighted by molar-refractivity contribution is 6.13. The van der Waals surface area contributed by atoms with Gasteiger partial charge >= 0.3 is 0 Å². The van der Waals surface area contributed by atoms with Gasteiger partial charge in [-0.15, -0.1) is 0 Å². The van der Waals surface area contributed by atoms with Gasteiger partial charge in [0.1, 0.15) is 23.2 Å². The number of hydrogen-bond donors (Lipinski definition) is 2. The number of nitrogens with zero attached hydrogens (tertiary/aromatic N) is 2. The van der Waals surface area contributed by atoms with Gasteiger partial charge in [0, 0.05) is 18.2 Å². The number of aromatic nitrogens is 2. The minimum absolute atomic E-state index is 0.107. The molecule has 154 valence electrons. The van der Waals surface area contributed by atoms with Crippen molar-refractivity contribution < 1.29 is 13.9 Å². The minimum Gasteiger partial charge on any atom is -0.496 e. The second-order valence-electron chi connectivity index (χ2n) is 8.32. The Morgan fingerprint density at radius 3 is 2.69 bits per heavy atom. The van der Waals surface area contributed by atoms with E-state index in [-0.39, 0.29) is 22.7 Å². The number of carbonyl (C=O) groups is 1. The van der Waals surface area contributed by atoms with E-state index in [9.17, 15) is 9.18 Å². The van der Waals surface area contributed by atoms with Crippen molar-refractivity contribution in [3.05, 3.63) is 47.2 Å². The summed E-state index contributed by atoms with van der Waals surface area (Å²) < 4.78 is 18.8. The highest BCUT2D eigenvalue weighted by atomic mass is 19.1.